The number of hydrogen-bond donors (Lipinski definition) is 1. The van der Waals surface area contributed by atoms with Crippen molar-refractivity contribution in [3.63, 3.8) is 0 Å². The quantitative estimate of drug-likeness (QED) is 0.629. The van der Waals surface area contributed by atoms with E-state index in [1.54, 1.807) is 0 Å². The highest BCUT2D eigenvalue weighted by atomic mass is 16.7. The lowest BCUT2D eigenvalue weighted by atomic mass is 9.98. The minimum atomic E-state index is -0.886. The first-order valence-corrected chi connectivity index (χ1v) is 9.89. The number of methoxy groups -OCH3 is 1. The van der Waals surface area contributed by atoms with Crippen LogP contribution in [0.4, 0.5) is 0 Å². The lowest BCUT2D eigenvalue weighted by Crippen LogP contribution is -2.61. The van der Waals surface area contributed by atoms with Crippen molar-refractivity contribution < 1.29 is 33.6 Å². The Labute approximate surface area is 176 Å². The molecular formula is C23H28O7. The molecule has 0 radical (unpaired) electrons. The highest BCUT2D eigenvalue weighted by molar-refractivity contribution is 5.66. The fraction of sp³-hybridized carbons (Fsp3) is 0.435. The van der Waals surface area contributed by atoms with Crippen molar-refractivity contribution in [2.24, 2.45) is 0 Å². The Balaban J connectivity index is 1.83. The Morgan fingerprint density at radius 1 is 0.900 bits per heavy atom. The number of carbonyl (C=O) groups is 1. The summed E-state index contributed by atoms with van der Waals surface area (Å²) >= 11 is 0. The highest BCUT2D eigenvalue weighted by Gasteiger charge is 2.49. The Bertz CT molecular complexity index is 768. The molecule has 1 saturated heterocycles. The summed E-state index contributed by atoms with van der Waals surface area (Å²) in [7, 11) is 1.45. The third kappa shape index (κ3) is 5.87. The van der Waals surface area contributed by atoms with Crippen molar-refractivity contribution >= 4 is 5.97 Å². The standard InChI is InChI=1S/C23H28O7/c1-16(25)29-22-21(28-15-18-11-7-4-8-12-18)20(19(13-24)30-23(22)26-2)27-14-17-9-5-3-6-10-17/h3-12,19-24H,13-15H2,1-2H3/t19-,20-,21+,22+,23+/m1/s1. The number of ether oxygens (including phenoxy) is 5. The second-order valence-corrected chi connectivity index (χ2v) is 7.06. The van der Waals surface area contributed by atoms with E-state index in [-0.39, 0.29) is 13.2 Å². The van der Waals surface area contributed by atoms with Crippen LogP contribution in [0, 0.1) is 0 Å². The molecule has 2 aromatic rings. The van der Waals surface area contributed by atoms with Gasteiger partial charge in [0.2, 0.25) is 0 Å². The molecule has 1 heterocycles. The van der Waals surface area contributed by atoms with Gasteiger partial charge in [-0.1, -0.05) is 60.7 Å². The number of rotatable bonds is 9. The van der Waals surface area contributed by atoms with Crippen LogP contribution < -0.4 is 0 Å². The largest absolute Gasteiger partial charge is 0.454 e. The lowest BCUT2D eigenvalue weighted by Gasteiger charge is -2.44. The maximum atomic E-state index is 11.8. The number of carbonyl (C=O) groups excluding carboxylic acids is 1. The van der Waals surface area contributed by atoms with Gasteiger partial charge in [-0.3, -0.25) is 4.79 Å². The topological polar surface area (TPSA) is 83.5 Å². The van der Waals surface area contributed by atoms with Gasteiger partial charge in [0, 0.05) is 14.0 Å². The van der Waals surface area contributed by atoms with E-state index in [1.807, 2.05) is 60.7 Å². The summed E-state index contributed by atoms with van der Waals surface area (Å²) in [5, 5.41) is 9.92. The molecule has 0 unspecified atom stereocenters. The second kappa shape index (κ2) is 11.2. The number of hydrogen-bond acceptors (Lipinski definition) is 7. The van der Waals surface area contributed by atoms with E-state index in [9.17, 15) is 9.90 Å². The Kier molecular flexibility index (Phi) is 8.36. The van der Waals surface area contributed by atoms with Crippen LogP contribution in [0.15, 0.2) is 60.7 Å². The average molecular weight is 416 g/mol. The van der Waals surface area contributed by atoms with Gasteiger partial charge in [-0.05, 0) is 11.1 Å². The summed E-state index contributed by atoms with van der Waals surface area (Å²) in [6.45, 7) is 1.60. The van der Waals surface area contributed by atoms with E-state index in [1.165, 1.54) is 14.0 Å². The van der Waals surface area contributed by atoms with Gasteiger partial charge in [0.1, 0.15) is 18.3 Å². The molecule has 162 valence electrons. The third-order valence-corrected chi connectivity index (χ3v) is 4.88. The molecule has 5 atom stereocenters. The first-order valence-electron chi connectivity index (χ1n) is 9.89. The smallest absolute Gasteiger partial charge is 0.303 e. The molecule has 7 nitrogen and oxygen atoms in total. The van der Waals surface area contributed by atoms with Crippen LogP contribution in [0.1, 0.15) is 18.1 Å². The lowest BCUT2D eigenvalue weighted by molar-refractivity contribution is -0.313. The van der Waals surface area contributed by atoms with E-state index in [2.05, 4.69) is 0 Å². The molecule has 1 aliphatic heterocycles. The zero-order valence-electron chi connectivity index (χ0n) is 17.2. The van der Waals surface area contributed by atoms with Gasteiger partial charge < -0.3 is 28.8 Å². The molecule has 1 N–H and O–H groups in total. The monoisotopic (exact) mass is 416 g/mol. The van der Waals surface area contributed by atoms with Gasteiger partial charge >= 0.3 is 5.97 Å². The van der Waals surface area contributed by atoms with Gasteiger partial charge in [0.25, 0.3) is 0 Å². The van der Waals surface area contributed by atoms with Crippen LogP contribution in [0.25, 0.3) is 0 Å². The summed E-state index contributed by atoms with van der Waals surface area (Å²) in [5.41, 5.74) is 1.93. The second-order valence-electron chi connectivity index (χ2n) is 7.06. The van der Waals surface area contributed by atoms with E-state index in [0.717, 1.165) is 11.1 Å². The zero-order valence-corrected chi connectivity index (χ0v) is 17.2. The van der Waals surface area contributed by atoms with Gasteiger partial charge in [0.05, 0.1) is 19.8 Å². The van der Waals surface area contributed by atoms with E-state index >= 15 is 0 Å². The normalized spacial score (nSPS) is 26.3. The molecule has 30 heavy (non-hydrogen) atoms. The minimum Gasteiger partial charge on any atom is -0.454 e. The fourth-order valence-electron chi connectivity index (χ4n) is 3.46. The van der Waals surface area contributed by atoms with Crippen molar-refractivity contribution in [1.29, 1.82) is 0 Å². The Morgan fingerprint density at radius 3 is 1.90 bits per heavy atom. The van der Waals surface area contributed by atoms with E-state index in [0.29, 0.717) is 6.61 Å². The number of aliphatic hydroxyl groups excluding tert-OH is 1. The molecule has 3 rings (SSSR count). The molecule has 0 bridgehead atoms. The van der Waals surface area contributed by atoms with Crippen molar-refractivity contribution in [2.75, 3.05) is 13.7 Å². The van der Waals surface area contributed by atoms with Crippen LogP contribution in [-0.2, 0) is 41.7 Å². The molecule has 0 amide bonds. The molecule has 2 aromatic carbocycles. The highest BCUT2D eigenvalue weighted by Crippen LogP contribution is 2.30. The van der Waals surface area contributed by atoms with E-state index in [4.69, 9.17) is 23.7 Å². The van der Waals surface area contributed by atoms with Crippen molar-refractivity contribution in [3.05, 3.63) is 71.8 Å². The molecule has 0 spiro atoms. The first-order chi connectivity index (χ1) is 14.6. The Hall–Kier alpha value is -2.29. The SMILES string of the molecule is CO[C@H]1O[C@H](CO)[C@@H](OCc2ccccc2)[C@H](OCc2ccccc2)[C@@H]1OC(C)=O. The zero-order chi connectivity index (χ0) is 21.3. The summed E-state index contributed by atoms with van der Waals surface area (Å²) in [5.74, 6) is -0.483. The van der Waals surface area contributed by atoms with Gasteiger partial charge in [-0.2, -0.15) is 0 Å². The third-order valence-electron chi connectivity index (χ3n) is 4.88. The summed E-state index contributed by atoms with van der Waals surface area (Å²) in [6, 6.07) is 19.3. The van der Waals surface area contributed by atoms with Gasteiger partial charge in [0.15, 0.2) is 12.4 Å². The molecule has 7 heteroatoms. The molecule has 0 aromatic heterocycles. The van der Waals surface area contributed by atoms with Crippen LogP contribution in [0.5, 0.6) is 0 Å². The Morgan fingerprint density at radius 2 is 1.43 bits per heavy atom. The average Bonchev–Trinajstić information content (AvgIpc) is 2.77. The maximum absolute atomic E-state index is 11.8. The number of benzene rings is 2. The van der Waals surface area contributed by atoms with Crippen molar-refractivity contribution in [1.82, 2.24) is 0 Å². The number of aliphatic hydroxyl groups is 1. The van der Waals surface area contributed by atoms with Crippen molar-refractivity contribution in [2.45, 2.75) is 50.8 Å². The molecule has 0 saturated carbocycles. The van der Waals surface area contributed by atoms with Crippen LogP contribution in [-0.4, -0.2) is 55.5 Å². The van der Waals surface area contributed by atoms with Crippen LogP contribution >= 0.6 is 0 Å². The van der Waals surface area contributed by atoms with E-state index < -0.39 is 36.7 Å². The van der Waals surface area contributed by atoms with Gasteiger partial charge in [-0.25, -0.2) is 0 Å². The molecule has 1 fully saturated rings. The predicted octanol–water partition coefficient (Wildman–Crippen LogP) is 2.45. The van der Waals surface area contributed by atoms with Crippen LogP contribution in [0.2, 0.25) is 0 Å². The van der Waals surface area contributed by atoms with Crippen molar-refractivity contribution in [3.8, 4) is 0 Å². The van der Waals surface area contributed by atoms with Crippen LogP contribution in [0.3, 0.4) is 0 Å². The molecular weight excluding hydrogens is 388 g/mol. The summed E-state index contributed by atoms with van der Waals surface area (Å²) < 4.78 is 29.0. The molecule has 1 aliphatic rings. The predicted molar refractivity (Wildman–Crippen MR) is 108 cm³/mol. The summed E-state index contributed by atoms with van der Waals surface area (Å²) in [6.07, 6.45) is -3.81. The minimum absolute atomic E-state index is 0.281. The number of esters is 1. The maximum Gasteiger partial charge on any atom is 0.303 e. The first kappa shape index (κ1) is 22.4. The van der Waals surface area contributed by atoms with Gasteiger partial charge in [-0.15, -0.1) is 0 Å². The summed E-state index contributed by atoms with van der Waals surface area (Å²) in [4.78, 5) is 11.8. The fourth-order valence-corrected chi connectivity index (χ4v) is 3.46. The molecule has 0 aliphatic carbocycles.